The van der Waals surface area contributed by atoms with Gasteiger partial charge in [0, 0.05) is 10.7 Å². The van der Waals surface area contributed by atoms with Crippen molar-refractivity contribution in [2.75, 3.05) is 0 Å². The van der Waals surface area contributed by atoms with Crippen molar-refractivity contribution in [1.29, 1.82) is 0 Å². The lowest BCUT2D eigenvalue weighted by Crippen LogP contribution is -1.92. The van der Waals surface area contributed by atoms with Crippen molar-refractivity contribution in [3.63, 3.8) is 0 Å². The van der Waals surface area contributed by atoms with E-state index in [4.69, 9.17) is 10.7 Å². The summed E-state index contributed by atoms with van der Waals surface area (Å²) in [7, 11) is 1.66. The van der Waals surface area contributed by atoms with Crippen molar-refractivity contribution in [3.8, 4) is 11.1 Å². The monoisotopic (exact) mass is 280 g/mol. The van der Waals surface area contributed by atoms with Gasteiger partial charge in [-0.2, -0.15) is 0 Å². The van der Waals surface area contributed by atoms with E-state index < -0.39 is 9.05 Å². The normalized spacial score (nSPS) is 11.5. The van der Waals surface area contributed by atoms with E-state index in [0.29, 0.717) is 0 Å². The Labute approximate surface area is 112 Å². The quantitative estimate of drug-likeness (QED) is 0.782. The van der Waals surface area contributed by atoms with Gasteiger partial charge in [0.1, 0.15) is 0 Å². The van der Waals surface area contributed by atoms with Crippen LogP contribution in [0, 0.1) is 13.8 Å². The SMILES string of the molecule is Cc1ccc(-c2ccc(S(=O)(=O)Cl)cc2C)cc1. The van der Waals surface area contributed by atoms with E-state index in [9.17, 15) is 8.42 Å². The summed E-state index contributed by atoms with van der Waals surface area (Å²) in [6.07, 6.45) is 0. The Morgan fingerprint density at radius 1 is 0.944 bits per heavy atom. The van der Waals surface area contributed by atoms with Crippen molar-refractivity contribution in [3.05, 3.63) is 53.6 Å². The second kappa shape index (κ2) is 4.75. The molecular formula is C14H13ClO2S. The summed E-state index contributed by atoms with van der Waals surface area (Å²) in [6.45, 7) is 3.90. The molecule has 2 aromatic rings. The number of halogens is 1. The smallest absolute Gasteiger partial charge is 0.207 e. The van der Waals surface area contributed by atoms with Crippen LogP contribution in [-0.2, 0) is 9.05 Å². The van der Waals surface area contributed by atoms with Crippen molar-refractivity contribution >= 4 is 19.7 Å². The molecule has 0 atom stereocenters. The summed E-state index contributed by atoms with van der Waals surface area (Å²) in [5, 5.41) is 0. The van der Waals surface area contributed by atoms with Crippen LogP contribution in [0.4, 0.5) is 0 Å². The number of hydrogen-bond donors (Lipinski definition) is 0. The standard InChI is InChI=1S/C14H13ClO2S/c1-10-3-5-12(6-4-10)14-8-7-13(9-11(14)2)18(15,16)17/h3-9H,1-2H3. The molecule has 0 aliphatic heterocycles. The van der Waals surface area contributed by atoms with Gasteiger partial charge in [0.25, 0.3) is 9.05 Å². The zero-order valence-corrected chi connectivity index (χ0v) is 11.7. The molecule has 0 aromatic heterocycles. The lowest BCUT2D eigenvalue weighted by Gasteiger charge is -2.07. The molecule has 0 aliphatic rings. The number of hydrogen-bond acceptors (Lipinski definition) is 2. The lowest BCUT2D eigenvalue weighted by molar-refractivity contribution is 0.609. The summed E-state index contributed by atoms with van der Waals surface area (Å²) >= 11 is 0. The molecule has 0 aliphatic carbocycles. The number of rotatable bonds is 2. The van der Waals surface area contributed by atoms with Crippen molar-refractivity contribution < 1.29 is 8.42 Å². The molecule has 0 radical (unpaired) electrons. The van der Waals surface area contributed by atoms with Gasteiger partial charge >= 0.3 is 0 Å². The summed E-state index contributed by atoms with van der Waals surface area (Å²) in [5.41, 5.74) is 4.16. The molecule has 0 spiro atoms. The average Bonchev–Trinajstić information content (AvgIpc) is 2.29. The molecule has 0 heterocycles. The molecule has 4 heteroatoms. The molecule has 0 amide bonds. The zero-order valence-electron chi connectivity index (χ0n) is 10.1. The van der Waals surface area contributed by atoms with Crippen LogP contribution in [0.3, 0.4) is 0 Å². The summed E-state index contributed by atoms with van der Waals surface area (Å²) in [6, 6.07) is 13.0. The molecule has 0 unspecified atom stereocenters. The third kappa shape index (κ3) is 2.74. The first-order chi connectivity index (χ1) is 8.38. The van der Waals surface area contributed by atoms with Gasteiger partial charge in [0.05, 0.1) is 4.90 Å². The molecule has 94 valence electrons. The fourth-order valence-electron chi connectivity index (χ4n) is 1.84. The highest BCUT2D eigenvalue weighted by Crippen LogP contribution is 2.27. The topological polar surface area (TPSA) is 34.1 Å². The fraction of sp³-hybridized carbons (Fsp3) is 0.143. The maximum atomic E-state index is 11.2. The van der Waals surface area contributed by atoms with Gasteiger partial charge in [-0.15, -0.1) is 0 Å². The van der Waals surface area contributed by atoms with Crippen LogP contribution in [0.15, 0.2) is 47.4 Å². The minimum absolute atomic E-state index is 0.137. The third-order valence-electron chi connectivity index (χ3n) is 2.84. The maximum absolute atomic E-state index is 11.2. The van der Waals surface area contributed by atoms with Gasteiger partial charge in [-0.05, 0) is 42.7 Å². The molecular weight excluding hydrogens is 268 g/mol. The van der Waals surface area contributed by atoms with Crippen LogP contribution in [0.2, 0.25) is 0 Å². The molecule has 2 aromatic carbocycles. The molecule has 0 bridgehead atoms. The van der Waals surface area contributed by atoms with Crippen LogP contribution in [0.1, 0.15) is 11.1 Å². The summed E-state index contributed by atoms with van der Waals surface area (Å²) < 4.78 is 22.5. The van der Waals surface area contributed by atoms with Gasteiger partial charge in [0.2, 0.25) is 0 Å². The molecule has 2 nitrogen and oxygen atoms in total. The Balaban J connectivity index is 2.51. The van der Waals surface area contributed by atoms with Crippen LogP contribution < -0.4 is 0 Å². The molecule has 0 saturated heterocycles. The summed E-state index contributed by atoms with van der Waals surface area (Å²) in [5.74, 6) is 0. The summed E-state index contributed by atoms with van der Waals surface area (Å²) in [4.78, 5) is 0.137. The van der Waals surface area contributed by atoms with Crippen molar-refractivity contribution in [2.45, 2.75) is 18.7 Å². The minimum atomic E-state index is -3.66. The average molecular weight is 281 g/mol. The predicted octanol–water partition coefficient (Wildman–Crippen LogP) is 3.90. The first-order valence-corrected chi connectivity index (χ1v) is 7.81. The highest BCUT2D eigenvalue weighted by atomic mass is 35.7. The van der Waals surface area contributed by atoms with E-state index in [1.165, 1.54) is 11.6 Å². The van der Waals surface area contributed by atoms with E-state index >= 15 is 0 Å². The Bertz CT molecular complexity index is 673. The van der Waals surface area contributed by atoms with Crippen LogP contribution in [0.5, 0.6) is 0 Å². The highest BCUT2D eigenvalue weighted by molar-refractivity contribution is 8.13. The van der Waals surface area contributed by atoms with Crippen molar-refractivity contribution in [2.24, 2.45) is 0 Å². The fourth-order valence-corrected chi connectivity index (χ4v) is 2.68. The zero-order chi connectivity index (χ0) is 13.3. The molecule has 0 saturated carbocycles. The van der Waals surface area contributed by atoms with E-state index in [1.807, 2.05) is 38.1 Å². The Kier molecular flexibility index (Phi) is 3.46. The van der Waals surface area contributed by atoms with Gasteiger partial charge in [-0.25, -0.2) is 8.42 Å². The minimum Gasteiger partial charge on any atom is -0.207 e. The molecule has 0 N–H and O–H groups in total. The van der Waals surface area contributed by atoms with Gasteiger partial charge in [-0.3, -0.25) is 0 Å². The van der Waals surface area contributed by atoms with Gasteiger partial charge < -0.3 is 0 Å². The number of benzene rings is 2. The predicted molar refractivity (Wildman–Crippen MR) is 74.4 cm³/mol. The van der Waals surface area contributed by atoms with Crippen LogP contribution in [-0.4, -0.2) is 8.42 Å². The molecule has 18 heavy (non-hydrogen) atoms. The maximum Gasteiger partial charge on any atom is 0.261 e. The second-order valence-corrected chi connectivity index (χ2v) is 6.85. The van der Waals surface area contributed by atoms with E-state index in [0.717, 1.165) is 16.7 Å². The molecule has 2 rings (SSSR count). The van der Waals surface area contributed by atoms with E-state index in [1.54, 1.807) is 12.1 Å². The first kappa shape index (κ1) is 13.1. The van der Waals surface area contributed by atoms with Crippen LogP contribution >= 0.6 is 10.7 Å². The van der Waals surface area contributed by atoms with Crippen molar-refractivity contribution in [1.82, 2.24) is 0 Å². The third-order valence-corrected chi connectivity index (χ3v) is 4.19. The Morgan fingerprint density at radius 2 is 1.56 bits per heavy atom. The highest BCUT2D eigenvalue weighted by Gasteiger charge is 2.11. The second-order valence-electron chi connectivity index (χ2n) is 4.28. The Hall–Kier alpha value is -1.32. The lowest BCUT2D eigenvalue weighted by atomic mass is 10.00. The first-order valence-electron chi connectivity index (χ1n) is 5.50. The van der Waals surface area contributed by atoms with Crippen LogP contribution in [0.25, 0.3) is 11.1 Å². The van der Waals surface area contributed by atoms with Gasteiger partial charge in [-0.1, -0.05) is 35.9 Å². The van der Waals surface area contributed by atoms with E-state index in [2.05, 4.69) is 0 Å². The largest absolute Gasteiger partial charge is 0.261 e. The van der Waals surface area contributed by atoms with Gasteiger partial charge in [0.15, 0.2) is 0 Å². The molecule has 0 fully saturated rings. The van der Waals surface area contributed by atoms with E-state index in [-0.39, 0.29) is 4.90 Å². The Morgan fingerprint density at radius 3 is 2.06 bits per heavy atom. The number of aryl methyl sites for hydroxylation is 2.